The fourth-order valence-corrected chi connectivity index (χ4v) is 6.96. The molecule has 9 nitrogen and oxygen atoms in total. The topological polar surface area (TPSA) is 122 Å². The Hall–Kier alpha value is -3.49. The fraction of sp³-hybridized carbons (Fsp3) is 0.292. The van der Waals surface area contributed by atoms with Gasteiger partial charge in [-0.05, 0) is 49.2 Å². The van der Waals surface area contributed by atoms with E-state index in [0.717, 1.165) is 17.4 Å². The molecule has 1 saturated heterocycles. The monoisotopic (exact) mass is 568 g/mol. The minimum atomic E-state index is -4.49. The number of carbonyl (C=O) groups excluding carboxylic acids is 1. The highest BCUT2D eigenvalue weighted by molar-refractivity contribution is 7.91. The van der Waals surface area contributed by atoms with Crippen LogP contribution in [0.4, 0.5) is 24.5 Å². The van der Waals surface area contributed by atoms with Crippen molar-refractivity contribution in [1.82, 2.24) is 9.62 Å². The summed E-state index contributed by atoms with van der Waals surface area (Å²) >= 11 is 1.01. The molecule has 0 aliphatic carbocycles. The third-order valence-corrected chi connectivity index (χ3v) is 9.49. The van der Waals surface area contributed by atoms with Gasteiger partial charge in [-0.15, -0.1) is 11.3 Å². The summed E-state index contributed by atoms with van der Waals surface area (Å²) in [5, 5.41) is 16.3. The molecule has 0 unspecified atom stereocenters. The zero-order valence-corrected chi connectivity index (χ0v) is 21.4. The Labute approximate surface area is 220 Å². The van der Waals surface area contributed by atoms with Gasteiger partial charge in [0.15, 0.2) is 0 Å². The molecular formula is C24H23F3N4O5S2. The number of para-hydroxylation sites is 1. The van der Waals surface area contributed by atoms with E-state index in [4.69, 9.17) is 0 Å². The molecule has 38 heavy (non-hydrogen) atoms. The Balaban J connectivity index is 1.33. The summed E-state index contributed by atoms with van der Waals surface area (Å²) in [7, 11) is -3.81. The molecule has 14 heteroatoms. The minimum absolute atomic E-state index is 0.0278. The Kier molecular flexibility index (Phi) is 8.04. The molecular weight excluding hydrogens is 545 g/mol. The van der Waals surface area contributed by atoms with Gasteiger partial charge in [-0.1, -0.05) is 12.1 Å². The van der Waals surface area contributed by atoms with Crippen molar-refractivity contribution in [3.63, 3.8) is 0 Å². The van der Waals surface area contributed by atoms with E-state index in [0.29, 0.717) is 17.7 Å². The van der Waals surface area contributed by atoms with Crippen LogP contribution in [0.5, 0.6) is 0 Å². The smallest absolute Gasteiger partial charge is 0.382 e. The Bertz CT molecular complexity index is 1420. The number of thiophene rings is 1. The van der Waals surface area contributed by atoms with Crippen molar-refractivity contribution in [2.24, 2.45) is 0 Å². The molecule has 1 amide bonds. The van der Waals surface area contributed by atoms with Crippen molar-refractivity contribution in [3.05, 3.63) is 86.8 Å². The molecule has 1 fully saturated rings. The molecule has 202 valence electrons. The van der Waals surface area contributed by atoms with Gasteiger partial charge in [0.2, 0.25) is 0 Å². The van der Waals surface area contributed by atoms with Gasteiger partial charge in [-0.2, -0.15) is 17.5 Å². The van der Waals surface area contributed by atoms with Crippen molar-refractivity contribution >= 4 is 38.6 Å². The lowest BCUT2D eigenvalue weighted by atomic mass is 10.0. The molecule has 1 aliphatic rings. The molecule has 1 aromatic heterocycles. The number of alkyl halides is 3. The zero-order valence-electron chi connectivity index (χ0n) is 19.8. The van der Waals surface area contributed by atoms with Crippen molar-refractivity contribution in [3.8, 4) is 0 Å². The van der Waals surface area contributed by atoms with Crippen LogP contribution in [-0.4, -0.2) is 42.7 Å². The first kappa shape index (κ1) is 27.5. The SMILES string of the molecule is O=C(NCc1ccc(S(=O)(=O)N2CCC(Nc3ccccc3C(F)(F)F)CC2)s1)c1ccc([N+](=O)[O-])cc1. The first-order valence-corrected chi connectivity index (χ1v) is 13.7. The van der Waals surface area contributed by atoms with Gasteiger partial charge in [0.05, 0.1) is 17.0 Å². The summed E-state index contributed by atoms with van der Waals surface area (Å²) in [5.74, 6) is -0.459. The van der Waals surface area contributed by atoms with Crippen LogP contribution in [0.3, 0.4) is 0 Å². The predicted octanol–water partition coefficient (Wildman–Crippen LogP) is 4.87. The van der Waals surface area contributed by atoms with Gasteiger partial charge < -0.3 is 10.6 Å². The zero-order chi connectivity index (χ0) is 27.5. The van der Waals surface area contributed by atoms with E-state index in [1.165, 1.54) is 52.8 Å². The Morgan fingerprint density at radius 1 is 1.05 bits per heavy atom. The average molecular weight is 569 g/mol. The summed E-state index contributed by atoms with van der Waals surface area (Å²) in [6.07, 6.45) is -3.81. The van der Waals surface area contributed by atoms with Crippen LogP contribution >= 0.6 is 11.3 Å². The number of carbonyl (C=O) groups is 1. The second-order valence-corrected chi connectivity index (χ2v) is 11.9. The molecule has 0 atom stereocenters. The number of rotatable bonds is 8. The van der Waals surface area contributed by atoms with Gasteiger partial charge in [-0.25, -0.2) is 8.42 Å². The van der Waals surface area contributed by atoms with Crippen LogP contribution in [0.25, 0.3) is 0 Å². The Morgan fingerprint density at radius 3 is 2.34 bits per heavy atom. The van der Waals surface area contributed by atoms with Gasteiger partial charge in [0.25, 0.3) is 21.6 Å². The first-order chi connectivity index (χ1) is 17.9. The first-order valence-electron chi connectivity index (χ1n) is 11.5. The molecule has 4 rings (SSSR count). The number of halogens is 3. The van der Waals surface area contributed by atoms with E-state index in [1.54, 1.807) is 6.07 Å². The number of nitrogens with one attached hydrogen (secondary N) is 2. The summed E-state index contributed by atoms with van der Waals surface area (Å²) in [5.41, 5.74) is -0.697. The number of amides is 1. The number of anilines is 1. The third kappa shape index (κ3) is 6.31. The third-order valence-electron chi connectivity index (χ3n) is 6.04. The van der Waals surface area contributed by atoms with Gasteiger partial charge in [-0.3, -0.25) is 14.9 Å². The van der Waals surface area contributed by atoms with Crippen LogP contribution in [0.1, 0.15) is 33.6 Å². The van der Waals surface area contributed by atoms with E-state index in [2.05, 4.69) is 10.6 Å². The van der Waals surface area contributed by atoms with Gasteiger partial charge in [0, 0.05) is 47.4 Å². The second kappa shape index (κ2) is 11.1. The molecule has 2 aromatic carbocycles. The molecule has 0 radical (unpaired) electrons. The number of nitro benzene ring substituents is 1. The number of hydrogen-bond acceptors (Lipinski definition) is 7. The number of benzene rings is 2. The summed E-state index contributed by atoms with van der Waals surface area (Å²) in [6, 6.07) is 13.0. The molecule has 3 aromatic rings. The molecule has 0 bridgehead atoms. The lowest BCUT2D eigenvalue weighted by Gasteiger charge is -2.32. The summed E-state index contributed by atoms with van der Waals surface area (Å²) in [6.45, 7) is 0.372. The van der Waals surface area contributed by atoms with Crippen LogP contribution in [0.15, 0.2) is 64.9 Å². The summed E-state index contributed by atoms with van der Waals surface area (Å²) in [4.78, 5) is 23.1. The number of piperidine rings is 1. The largest absolute Gasteiger partial charge is 0.418 e. The highest BCUT2D eigenvalue weighted by Crippen LogP contribution is 2.36. The van der Waals surface area contributed by atoms with E-state index in [-0.39, 0.29) is 46.8 Å². The highest BCUT2D eigenvalue weighted by Gasteiger charge is 2.35. The van der Waals surface area contributed by atoms with E-state index >= 15 is 0 Å². The van der Waals surface area contributed by atoms with Crippen molar-refractivity contribution in [1.29, 1.82) is 0 Å². The quantitative estimate of drug-likeness (QED) is 0.295. The molecule has 2 heterocycles. The van der Waals surface area contributed by atoms with Gasteiger partial charge >= 0.3 is 6.18 Å². The maximum absolute atomic E-state index is 13.3. The maximum atomic E-state index is 13.3. The number of nitrogens with zero attached hydrogens (tertiary/aromatic N) is 2. The molecule has 2 N–H and O–H groups in total. The van der Waals surface area contributed by atoms with Crippen LogP contribution in [0.2, 0.25) is 0 Å². The number of nitro groups is 1. The lowest BCUT2D eigenvalue weighted by Crippen LogP contribution is -2.42. The average Bonchev–Trinajstić information content (AvgIpc) is 3.37. The molecule has 0 saturated carbocycles. The van der Waals surface area contributed by atoms with E-state index < -0.39 is 32.6 Å². The molecule has 1 aliphatic heterocycles. The summed E-state index contributed by atoms with van der Waals surface area (Å²) < 4.78 is 67.5. The lowest BCUT2D eigenvalue weighted by molar-refractivity contribution is -0.384. The molecule has 0 spiro atoms. The number of non-ortho nitro benzene ring substituents is 1. The minimum Gasteiger partial charge on any atom is -0.382 e. The number of sulfonamides is 1. The normalized spacial score (nSPS) is 15.2. The van der Waals surface area contributed by atoms with Crippen LogP contribution in [-0.2, 0) is 22.7 Å². The van der Waals surface area contributed by atoms with Crippen molar-refractivity contribution in [2.75, 3.05) is 18.4 Å². The highest BCUT2D eigenvalue weighted by atomic mass is 32.2. The van der Waals surface area contributed by atoms with Gasteiger partial charge in [0.1, 0.15) is 4.21 Å². The van der Waals surface area contributed by atoms with Crippen LogP contribution < -0.4 is 10.6 Å². The Morgan fingerprint density at radius 2 is 1.71 bits per heavy atom. The van der Waals surface area contributed by atoms with Crippen LogP contribution in [0, 0.1) is 10.1 Å². The maximum Gasteiger partial charge on any atom is 0.418 e. The second-order valence-electron chi connectivity index (χ2n) is 8.57. The standard InChI is InChI=1S/C24H23F3N4O5S2/c25-24(26,27)20-3-1-2-4-21(20)29-17-11-13-30(14-12-17)38(35,36)22-10-9-19(37-22)15-28-23(32)16-5-7-18(8-6-16)31(33)34/h1-10,17,29H,11-15H2,(H,28,32). The van der Waals surface area contributed by atoms with Crippen molar-refractivity contribution in [2.45, 2.75) is 35.8 Å². The number of hydrogen-bond donors (Lipinski definition) is 2. The van der Waals surface area contributed by atoms with E-state index in [9.17, 15) is 36.5 Å². The van der Waals surface area contributed by atoms with Crippen molar-refractivity contribution < 1.29 is 31.3 Å². The fourth-order valence-electron chi connectivity index (χ4n) is 4.04. The van der Waals surface area contributed by atoms with E-state index in [1.807, 2.05) is 0 Å². The predicted molar refractivity (Wildman–Crippen MR) is 135 cm³/mol.